The smallest absolute Gasteiger partial charge is 0.268 e. The normalized spacial score (nSPS) is 11.0. The molecular weight excluding hydrogens is 387 g/mol. The van der Waals surface area contributed by atoms with Gasteiger partial charge in [0.1, 0.15) is 5.82 Å². The maximum absolute atomic E-state index is 12.8. The minimum Gasteiger partial charge on any atom is -0.268 e. The van der Waals surface area contributed by atoms with Crippen LogP contribution in [0.1, 0.15) is 21.6 Å². The summed E-state index contributed by atoms with van der Waals surface area (Å²) in [5.74, 6) is -0.731. The summed E-state index contributed by atoms with van der Waals surface area (Å²) in [5.41, 5.74) is 4.43. The highest BCUT2D eigenvalue weighted by atomic mass is 79.9. The Bertz CT molecular complexity index is 888. The van der Waals surface area contributed by atoms with Crippen molar-refractivity contribution in [1.82, 2.24) is 15.2 Å². The lowest BCUT2D eigenvalue weighted by Crippen LogP contribution is -2.18. The van der Waals surface area contributed by atoms with Crippen LogP contribution in [0.4, 0.5) is 4.39 Å². The van der Waals surface area contributed by atoms with Crippen molar-refractivity contribution in [3.05, 3.63) is 87.9 Å². The number of amides is 1. The summed E-state index contributed by atoms with van der Waals surface area (Å²) in [6.07, 6.45) is 3.18. The molecule has 3 aromatic rings. The Labute approximate surface area is 152 Å². The SMILES string of the molecule is O=C(N/N=C/c1ccc(F)cc1)c1ccn(Cc2ccc(Br)cc2)n1. The number of aromatic nitrogens is 2. The number of nitrogens with zero attached hydrogens (tertiary/aromatic N) is 3. The van der Waals surface area contributed by atoms with Crippen molar-refractivity contribution in [2.24, 2.45) is 5.10 Å². The van der Waals surface area contributed by atoms with Gasteiger partial charge in [0.25, 0.3) is 5.91 Å². The first kappa shape index (κ1) is 17.0. The first-order chi connectivity index (χ1) is 12.1. The summed E-state index contributed by atoms with van der Waals surface area (Å²) in [7, 11) is 0. The molecule has 1 N–H and O–H groups in total. The number of nitrogens with one attached hydrogen (secondary N) is 1. The van der Waals surface area contributed by atoms with E-state index in [2.05, 4.69) is 31.6 Å². The molecule has 0 aliphatic heterocycles. The Balaban J connectivity index is 1.58. The molecule has 1 aromatic heterocycles. The molecule has 0 radical (unpaired) electrons. The number of benzene rings is 2. The Hall–Kier alpha value is -2.80. The molecule has 0 unspecified atom stereocenters. The molecule has 0 aliphatic rings. The van der Waals surface area contributed by atoms with Crippen molar-refractivity contribution >= 4 is 28.1 Å². The fourth-order valence-corrected chi connectivity index (χ4v) is 2.38. The third-order valence-corrected chi connectivity index (χ3v) is 3.91. The molecule has 3 rings (SSSR count). The van der Waals surface area contributed by atoms with Crippen LogP contribution >= 0.6 is 15.9 Å². The average Bonchev–Trinajstić information content (AvgIpc) is 3.07. The van der Waals surface area contributed by atoms with Gasteiger partial charge in [0.15, 0.2) is 5.69 Å². The van der Waals surface area contributed by atoms with Gasteiger partial charge in [-0.15, -0.1) is 0 Å². The Morgan fingerprint density at radius 3 is 2.60 bits per heavy atom. The fourth-order valence-electron chi connectivity index (χ4n) is 2.12. The van der Waals surface area contributed by atoms with Crippen LogP contribution in [0.25, 0.3) is 0 Å². The van der Waals surface area contributed by atoms with Crippen molar-refractivity contribution in [3.63, 3.8) is 0 Å². The predicted octanol–water partition coefficient (Wildman–Crippen LogP) is 3.60. The van der Waals surface area contributed by atoms with E-state index < -0.39 is 5.91 Å². The summed E-state index contributed by atoms with van der Waals surface area (Å²) in [5, 5.41) is 8.08. The van der Waals surface area contributed by atoms with E-state index in [0.717, 1.165) is 10.0 Å². The first-order valence-corrected chi connectivity index (χ1v) is 8.26. The maximum Gasteiger partial charge on any atom is 0.291 e. The Kier molecular flexibility index (Phi) is 5.35. The van der Waals surface area contributed by atoms with E-state index in [4.69, 9.17) is 0 Å². The molecule has 1 amide bonds. The molecule has 25 heavy (non-hydrogen) atoms. The van der Waals surface area contributed by atoms with E-state index in [1.165, 1.54) is 18.3 Å². The van der Waals surface area contributed by atoms with Crippen LogP contribution < -0.4 is 5.43 Å². The van der Waals surface area contributed by atoms with Gasteiger partial charge in [-0.2, -0.15) is 10.2 Å². The van der Waals surface area contributed by atoms with Gasteiger partial charge < -0.3 is 0 Å². The highest BCUT2D eigenvalue weighted by Crippen LogP contribution is 2.11. The van der Waals surface area contributed by atoms with Crippen molar-refractivity contribution in [3.8, 4) is 0 Å². The lowest BCUT2D eigenvalue weighted by molar-refractivity contribution is 0.0949. The molecule has 5 nitrogen and oxygen atoms in total. The lowest BCUT2D eigenvalue weighted by atomic mass is 10.2. The summed E-state index contributed by atoms with van der Waals surface area (Å²) >= 11 is 3.39. The number of hydrogen-bond acceptors (Lipinski definition) is 3. The number of rotatable bonds is 5. The minimum atomic E-state index is -0.409. The fraction of sp³-hybridized carbons (Fsp3) is 0.0556. The summed E-state index contributed by atoms with van der Waals surface area (Å²) in [6.45, 7) is 0.569. The molecule has 0 atom stereocenters. The van der Waals surface area contributed by atoms with Gasteiger partial charge in [-0.3, -0.25) is 9.48 Å². The van der Waals surface area contributed by atoms with Crippen LogP contribution in [0.5, 0.6) is 0 Å². The second-order valence-corrected chi connectivity index (χ2v) is 6.19. The van der Waals surface area contributed by atoms with Gasteiger partial charge in [0.2, 0.25) is 0 Å². The first-order valence-electron chi connectivity index (χ1n) is 7.47. The lowest BCUT2D eigenvalue weighted by Gasteiger charge is -2.02. The average molecular weight is 401 g/mol. The molecule has 0 saturated heterocycles. The second-order valence-electron chi connectivity index (χ2n) is 5.28. The van der Waals surface area contributed by atoms with Crippen LogP contribution in [0.3, 0.4) is 0 Å². The summed E-state index contributed by atoms with van der Waals surface area (Å²) in [6, 6.07) is 15.3. The van der Waals surface area contributed by atoms with E-state index in [-0.39, 0.29) is 11.5 Å². The van der Waals surface area contributed by atoms with Crippen LogP contribution in [0, 0.1) is 5.82 Å². The number of hydrogen-bond donors (Lipinski definition) is 1. The number of carbonyl (C=O) groups is 1. The van der Waals surface area contributed by atoms with E-state index in [9.17, 15) is 9.18 Å². The van der Waals surface area contributed by atoms with Gasteiger partial charge >= 0.3 is 0 Å². The van der Waals surface area contributed by atoms with Crippen molar-refractivity contribution in [1.29, 1.82) is 0 Å². The Morgan fingerprint density at radius 1 is 1.16 bits per heavy atom. The molecule has 2 aromatic carbocycles. The molecule has 0 spiro atoms. The third-order valence-electron chi connectivity index (χ3n) is 3.38. The number of hydrazone groups is 1. The van der Waals surface area contributed by atoms with Gasteiger partial charge in [-0.1, -0.05) is 40.2 Å². The molecular formula is C18H14BrFN4O. The summed E-state index contributed by atoms with van der Waals surface area (Å²) < 4.78 is 15.5. The Morgan fingerprint density at radius 2 is 1.88 bits per heavy atom. The maximum atomic E-state index is 12.8. The minimum absolute atomic E-state index is 0.272. The standard InChI is InChI=1S/C18H14BrFN4O/c19-15-5-1-14(2-6-15)12-24-10-9-17(23-24)18(25)22-21-11-13-3-7-16(20)8-4-13/h1-11H,12H2,(H,22,25)/b21-11+. The topological polar surface area (TPSA) is 59.3 Å². The monoisotopic (exact) mass is 400 g/mol. The van der Waals surface area contributed by atoms with Crippen molar-refractivity contribution in [2.45, 2.75) is 6.54 Å². The molecule has 0 fully saturated rings. The molecule has 0 aliphatic carbocycles. The van der Waals surface area contributed by atoms with E-state index >= 15 is 0 Å². The number of carbonyl (C=O) groups excluding carboxylic acids is 1. The highest BCUT2D eigenvalue weighted by molar-refractivity contribution is 9.10. The predicted molar refractivity (Wildman–Crippen MR) is 96.9 cm³/mol. The largest absolute Gasteiger partial charge is 0.291 e. The molecule has 126 valence electrons. The zero-order chi connectivity index (χ0) is 17.6. The zero-order valence-corrected chi connectivity index (χ0v) is 14.6. The third kappa shape index (κ3) is 4.84. The van der Waals surface area contributed by atoms with E-state index in [1.54, 1.807) is 29.1 Å². The van der Waals surface area contributed by atoms with Crippen LogP contribution in [0.15, 0.2) is 70.4 Å². The van der Waals surface area contributed by atoms with E-state index in [0.29, 0.717) is 12.1 Å². The van der Waals surface area contributed by atoms with E-state index in [1.807, 2.05) is 24.3 Å². The van der Waals surface area contributed by atoms with Crippen LogP contribution in [0.2, 0.25) is 0 Å². The summed E-state index contributed by atoms with van der Waals surface area (Å²) in [4.78, 5) is 12.0. The molecule has 7 heteroatoms. The van der Waals surface area contributed by atoms with Gasteiger partial charge in [0.05, 0.1) is 12.8 Å². The molecule has 0 bridgehead atoms. The second kappa shape index (κ2) is 7.85. The van der Waals surface area contributed by atoms with Gasteiger partial charge in [0, 0.05) is 10.7 Å². The molecule has 1 heterocycles. The van der Waals surface area contributed by atoms with Crippen LogP contribution in [-0.4, -0.2) is 21.9 Å². The quantitative estimate of drug-likeness (QED) is 0.525. The van der Waals surface area contributed by atoms with Gasteiger partial charge in [-0.05, 0) is 41.5 Å². The zero-order valence-electron chi connectivity index (χ0n) is 13.1. The number of halogens is 2. The highest BCUT2D eigenvalue weighted by Gasteiger charge is 2.08. The van der Waals surface area contributed by atoms with Crippen molar-refractivity contribution < 1.29 is 9.18 Å². The van der Waals surface area contributed by atoms with Gasteiger partial charge in [-0.25, -0.2) is 9.82 Å². The molecule has 0 saturated carbocycles. The van der Waals surface area contributed by atoms with Crippen molar-refractivity contribution in [2.75, 3.05) is 0 Å². The van der Waals surface area contributed by atoms with Crippen LogP contribution in [-0.2, 0) is 6.54 Å².